The maximum atomic E-state index is 10.2. The Morgan fingerprint density at radius 1 is 1.45 bits per heavy atom. The van der Waals surface area contributed by atoms with Gasteiger partial charge < -0.3 is 5.11 Å². The Labute approximate surface area is 78.4 Å². The molecule has 0 saturated heterocycles. The number of unbranched alkanes of at least 4 members (excludes halogenated alkanes) is 2. The molecule has 0 aromatic carbocycles. The lowest BCUT2D eigenvalue weighted by Gasteiger charge is -1.97. The molecule has 3 heteroatoms. The number of aliphatic carboxylic acids is 1. The first kappa shape index (κ1) is 13.3. The highest BCUT2D eigenvalue weighted by molar-refractivity contribution is 5.85. The summed E-state index contributed by atoms with van der Waals surface area (Å²) < 4.78 is 0. The Morgan fingerprint density at radius 2 is 2.00 bits per heavy atom. The van der Waals surface area contributed by atoms with Gasteiger partial charge in [0, 0.05) is 5.57 Å². The van der Waals surface area contributed by atoms with Gasteiger partial charge >= 0.3 is 5.97 Å². The summed E-state index contributed by atoms with van der Waals surface area (Å²) in [6.07, 6.45) is 3.78. The van der Waals surface area contributed by atoms with Crippen LogP contribution in [0.2, 0.25) is 0 Å². The zero-order valence-corrected chi connectivity index (χ0v) is 6.39. The van der Waals surface area contributed by atoms with Crippen molar-refractivity contribution in [1.29, 1.82) is 0 Å². The van der Waals surface area contributed by atoms with Crippen molar-refractivity contribution in [2.45, 2.75) is 32.6 Å². The minimum Gasteiger partial charge on any atom is -0.478 e. The van der Waals surface area contributed by atoms with Crippen LogP contribution in [0.1, 0.15) is 32.6 Å². The van der Waals surface area contributed by atoms with Crippen LogP contribution in [0, 0.1) is 0 Å². The second-order valence-corrected chi connectivity index (χ2v) is 2.37. The van der Waals surface area contributed by atoms with Crippen LogP contribution in [0.5, 0.6) is 0 Å². The van der Waals surface area contributed by atoms with Crippen molar-refractivity contribution in [2.75, 3.05) is 0 Å². The van der Waals surface area contributed by atoms with Gasteiger partial charge in [-0.15, -0.1) is 0 Å². The third-order valence-electron chi connectivity index (χ3n) is 1.38. The van der Waals surface area contributed by atoms with Crippen molar-refractivity contribution in [3.63, 3.8) is 0 Å². The zero-order chi connectivity index (χ0) is 7.98. The third kappa shape index (κ3) is 7.64. The summed E-state index contributed by atoms with van der Waals surface area (Å²) in [5, 5.41) is 8.38. The summed E-state index contributed by atoms with van der Waals surface area (Å²) in [4.78, 5) is 10.2. The SMILES string of the molecule is C=C(CCCCC)C(=O)O.[AlH3]. The van der Waals surface area contributed by atoms with Crippen molar-refractivity contribution in [3.05, 3.63) is 12.2 Å². The van der Waals surface area contributed by atoms with E-state index in [4.69, 9.17) is 5.11 Å². The molecule has 0 aromatic rings. The van der Waals surface area contributed by atoms with Gasteiger partial charge in [-0.05, 0) is 12.8 Å². The van der Waals surface area contributed by atoms with Crippen LogP contribution >= 0.6 is 0 Å². The zero-order valence-electron chi connectivity index (χ0n) is 6.39. The van der Waals surface area contributed by atoms with E-state index in [-0.39, 0.29) is 17.4 Å². The molecule has 0 aliphatic carbocycles. The molecular formula is C8H17AlO2. The number of hydrogen-bond acceptors (Lipinski definition) is 1. The molecule has 1 N–H and O–H groups in total. The van der Waals surface area contributed by atoms with Crippen LogP contribution in [0.15, 0.2) is 12.2 Å². The Balaban J connectivity index is 0. The van der Waals surface area contributed by atoms with E-state index in [0.717, 1.165) is 19.3 Å². The number of rotatable bonds is 5. The highest BCUT2D eigenvalue weighted by atomic mass is 27.0. The van der Waals surface area contributed by atoms with E-state index >= 15 is 0 Å². The number of carboxylic acids is 1. The van der Waals surface area contributed by atoms with E-state index in [1.165, 1.54) is 0 Å². The molecule has 2 nitrogen and oxygen atoms in total. The normalized spacial score (nSPS) is 8.45. The van der Waals surface area contributed by atoms with E-state index in [1.54, 1.807) is 0 Å². The van der Waals surface area contributed by atoms with E-state index in [2.05, 4.69) is 13.5 Å². The fraction of sp³-hybridized carbons (Fsp3) is 0.625. The minimum atomic E-state index is -0.865. The van der Waals surface area contributed by atoms with E-state index in [9.17, 15) is 4.79 Å². The molecule has 0 atom stereocenters. The topological polar surface area (TPSA) is 37.3 Å². The Bertz CT molecular complexity index is 132. The quantitative estimate of drug-likeness (QED) is 0.382. The lowest BCUT2D eigenvalue weighted by molar-refractivity contribution is -0.132. The second-order valence-electron chi connectivity index (χ2n) is 2.37. The molecule has 0 spiro atoms. The summed E-state index contributed by atoms with van der Waals surface area (Å²) in [5.41, 5.74) is 0.327. The Hall–Kier alpha value is -0.258. The van der Waals surface area contributed by atoms with Gasteiger partial charge in [0.15, 0.2) is 17.4 Å². The van der Waals surface area contributed by atoms with Gasteiger partial charge in [-0.1, -0.05) is 26.3 Å². The standard InChI is InChI=1S/C8H14O2.Al.3H/c1-3-4-5-6-7(2)8(9)10;;;;/h2-6H2,1H3,(H,9,10);;;;. The maximum Gasteiger partial charge on any atom is 0.330 e. The van der Waals surface area contributed by atoms with Crippen molar-refractivity contribution in [1.82, 2.24) is 0 Å². The second kappa shape index (κ2) is 7.85. The number of carbonyl (C=O) groups is 1. The average molecular weight is 172 g/mol. The average Bonchev–Trinajstić information content (AvgIpc) is 1.88. The summed E-state index contributed by atoms with van der Waals surface area (Å²) >= 11 is 0. The molecule has 0 aliphatic heterocycles. The summed E-state index contributed by atoms with van der Waals surface area (Å²) in [5.74, 6) is -0.865. The fourth-order valence-electron chi connectivity index (χ4n) is 0.695. The van der Waals surface area contributed by atoms with Crippen molar-refractivity contribution < 1.29 is 9.90 Å². The highest BCUT2D eigenvalue weighted by Gasteiger charge is 2.01. The van der Waals surface area contributed by atoms with Gasteiger partial charge in [-0.3, -0.25) is 0 Å². The lowest BCUT2D eigenvalue weighted by atomic mass is 10.1. The predicted octanol–water partition coefficient (Wildman–Crippen LogP) is 1.02. The first-order valence-electron chi connectivity index (χ1n) is 3.59. The maximum absolute atomic E-state index is 10.2. The molecule has 0 radical (unpaired) electrons. The predicted molar refractivity (Wildman–Crippen MR) is 50.9 cm³/mol. The van der Waals surface area contributed by atoms with Crippen molar-refractivity contribution in [3.8, 4) is 0 Å². The Kier molecular flexibility index (Phi) is 9.51. The van der Waals surface area contributed by atoms with Gasteiger partial charge in [-0.25, -0.2) is 4.79 Å². The first-order chi connectivity index (χ1) is 4.68. The van der Waals surface area contributed by atoms with Crippen molar-refractivity contribution in [2.24, 2.45) is 0 Å². The lowest BCUT2D eigenvalue weighted by Crippen LogP contribution is -1.98. The summed E-state index contributed by atoms with van der Waals surface area (Å²) in [7, 11) is 0. The van der Waals surface area contributed by atoms with Gasteiger partial charge in [-0.2, -0.15) is 0 Å². The van der Waals surface area contributed by atoms with E-state index in [1.807, 2.05) is 0 Å². The van der Waals surface area contributed by atoms with Gasteiger partial charge in [0.1, 0.15) is 0 Å². The number of carboxylic acid groups (broad SMARTS) is 1. The summed E-state index contributed by atoms with van der Waals surface area (Å²) in [6.45, 7) is 5.51. The fourth-order valence-corrected chi connectivity index (χ4v) is 0.695. The monoisotopic (exact) mass is 172 g/mol. The van der Waals surface area contributed by atoms with Crippen LogP contribution in [-0.2, 0) is 4.79 Å². The minimum absolute atomic E-state index is 0. The van der Waals surface area contributed by atoms with Crippen molar-refractivity contribution >= 4 is 23.3 Å². The molecule has 0 fully saturated rings. The molecule has 0 saturated carbocycles. The molecule has 0 rings (SSSR count). The molecule has 0 aliphatic rings. The van der Waals surface area contributed by atoms with E-state index < -0.39 is 5.97 Å². The molecule has 0 aromatic heterocycles. The molecule has 11 heavy (non-hydrogen) atoms. The molecule has 0 heterocycles. The molecule has 0 unspecified atom stereocenters. The smallest absolute Gasteiger partial charge is 0.330 e. The van der Waals surface area contributed by atoms with Gasteiger partial charge in [0.25, 0.3) is 0 Å². The summed E-state index contributed by atoms with van der Waals surface area (Å²) in [6, 6.07) is 0. The number of hydrogen-bond donors (Lipinski definition) is 1. The molecule has 0 bridgehead atoms. The molecular weight excluding hydrogens is 155 g/mol. The van der Waals surface area contributed by atoms with Gasteiger partial charge in [0.05, 0.1) is 0 Å². The first-order valence-corrected chi connectivity index (χ1v) is 3.59. The van der Waals surface area contributed by atoms with Crippen LogP contribution in [0.25, 0.3) is 0 Å². The highest BCUT2D eigenvalue weighted by Crippen LogP contribution is 2.06. The van der Waals surface area contributed by atoms with Crippen LogP contribution in [0.3, 0.4) is 0 Å². The third-order valence-corrected chi connectivity index (χ3v) is 1.38. The largest absolute Gasteiger partial charge is 0.478 e. The van der Waals surface area contributed by atoms with E-state index in [0.29, 0.717) is 12.0 Å². The Morgan fingerprint density at radius 3 is 2.36 bits per heavy atom. The molecule has 64 valence electrons. The van der Waals surface area contributed by atoms with Crippen LogP contribution in [0.4, 0.5) is 0 Å². The van der Waals surface area contributed by atoms with Crippen LogP contribution in [-0.4, -0.2) is 28.4 Å². The van der Waals surface area contributed by atoms with Gasteiger partial charge in [0.2, 0.25) is 0 Å². The molecule has 0 amide bonds. The van der Waals surface area contributed by atoms with Crippen LogP contribution < -0.4 is 0 Å².